The first-order valence-corrected chi connectivity index (χ1v) is 5.98. The van der Waals surface area contributed by atoms with Gasteiger partial charge in [-0.1, -0.05) is 17.7 Å². The summed E-state index contributed by atoms with van der Waals surface area (Å²) >= 11 is 5.63. The van der Waals surface area contributed by atoms with Gasteiger partial charge in [0, 0.05) is 0 Å². The number of ether oxygens (including phenoxy) is 1. The van der Waals surface area contributed by atoms with Crippen LogP contribution >= 0.6 is 11.6 Å². The summed E-state index contributed by atoms with van der Waals surface area (Å²) in [5, 5.41) is 16.5. The molecule has 0 aliphatic carbocycles. The highest BCUT2D eigenvalue weighted by Crippen LogP contribution is 2.30. The van der Waals surface area contributed by atoms with E-state index in [1.807, 2.05) is 0 Å². The van der Waals surface area contributed by atoms with Crippen LogP contribution < -0.4 is 4.74 Å². The normalized spacial score (nSPS) is 10.4. The van der Waals surface area contributed by atoms with Gasteiger partial charge in [0.05, 0.1) is 10.7 Å². The van der Waals surface area contributed by atoms with Gasteiger partial charge < -0.3 is 9.84 Å². The van der Waals surface area contributed by atoms with Gasteiger partial charge in [0.25, 0.3) is 5.88 Å². The molecular weight excluding hydrogens is 287 g/mol. The van der Waals surface area contributed by atoms with Crippen molar-refractivity contribution in [3.05, 3.63) is 45.9 Å². The lowest BCUT2D eigenvalue weighted by Gasteiger charge is -2.11. The summed E-state index contributed by atoms with van der Waals surface area (Å²) in [6.45, 7) is 3.20. The summed E-state index contributed by atoms with van der Waals surface area (Å²) in [5.41, 5.74) is 0.711. The van der Waals surface area contributed by atoms with Crippen molar-refractivity contribution in [1.29, 1.82) is 0 Å². The summed E-state index contributed by atoms with van der Waals surface area (Å²) in [6.07, 6.45) is 0. The molecule has 20 heavy (non-hydrogen) atoms. The Labute approximate surface area is 119 Å². The molecule has 104 valence electrons. The molecule has 2 aromatic rings. The van der Waals surface area contributed by atoms with Gasteiger partial charge in [-0.2, -0.15) is 5.10 Å². The van der Waals surface area contributed by atoms with Crippen LogP contribution in [0, 0.1) is 19.7 Å². The van der Waals surface area contributed by atoms with Crippen LogP contribution in [-0.4, -0.2) is 21.3 Å². The molecular formula is C13H10ClFN2O3. The Kier molecular flexibility index (Phi) is 3.85. The zero-order valence-electron chi connectivity index (χ0n) is 10.6. The third kappa shape index (κ3) is 2.55. The number of carbonyl (C=O) groups is 1. The van der Waals surface area contributed by atoms with Crippen molar-refractivity contribution < 1.29 is 19.0 Å². The lowest BCUT2D eigenvalue weighted by atomic mass is 10.1. The van der Waals surface area contributed by atoms with E-state index >= 15 is 0 Å². The summed E-state index contributed by atoms with van der Waals surface area (Å²) in [6, 6.07) is 4.16. The van der Waals surface area contributed by atoms with Crippen molar-refractivity contribution in [2.75, 3.05) is 0 Å². The Hall–Kier alpha value is -2.21. The Morgan fingerprint density at radius 2 is 2.05 bits per heavy atom. The minimum Gasteiger partial charge on any atom is -0.477 e. The summed E-state index contributed by atoms with van der Waals surface area (Å²) in [4.78, 5) is 11.3. The third-order valence-corrected chi connectivity index (χ3v) is 3.05. The third-order valence-electron chi connectivity index (χ3n) is 2.76. The van der Waals surface area contributed by atoms with E-state index in [-0.39, 0.29) is 22.2 Å². The van der Waals surface area contributed by atoms with E-state index in [0.29, 0.717) is 11.3 Å². The Morgan fingerprint density at radius 1 is 1.35 bits per heavy atom. The lowest BCUT2D eigenvalue weighted by Crippen LogP contribution is -2.08. The van der Waals surface area contributed by atoms with Crippen LogP contribution in [-0.2, 0) is 0 Å². The molecule has 1 aromatic carbocycles. The fraction of sp³-hybridized carbons (Fsp3) is 0.154. The van der Waals surface area contributed by atoms with Crippen molar-refractivity contribution in [2.24, 2.45) is 0 Å². The molecule has 7 heteroatoms. The number of halogens is 2. The van der Waals surface area contributed by atoms with Crippen LogP contribution in [0.5, 0.6) is 11.6 Å². The van der Waals surface area contributed by atoms with Crippen molar-refractivity contribution in [2.45, 2.75) is 13.8 Å². The summed E-state index contributed by atoms with van der Waals surface area (Å²) < 4.78 is 19.0. The zero-order chi connectivity index (χ0) is 14.9. The maximum Gasteiger partial charge on any atom is 0.341 e. The van der Waals surface area contributed by atoms with Gasteiger partial charge in [0.1, 0.15) is 5.56 Å². The number of carboxylic acid groups (broad SMARTS) is 1. The van der Waals surface area contributed by atoms with Crippen LogP contribution in [0.3, 0.4) is 0 Å². The highest BCUT2D eigenvalue weighted by molar-refractivity contribution is 6.30. The van der Waals surface area contributed by atoms with Crippen molar-refractivity contribution in [3.8, 4) is 11.6 Å². The van der Waals surface area contributed by atoms with Gasteiger partial charge in [-0.3, -0.25) is 0 Å². The Balaban J connectivity index is 2.52. The second kappa shape index (κ2) is 5.42. The van der Waals surface area contributed by atoms with Crippen LogP contribution in [0.1, 0.15) is 21.6 Å². The monoisotopic (exact) mass is 296 g/mol. The maximum atomic E-state index is 13.7. The van der Waals surface area contributed by atoms with Gasteiger partial charge in [-0.15, -0.1) is 5.10 Å². The quantitative estimate of drug-likeness (QED) is 0.940. The van der Waals surface area contributed by atoms with Crippen LogP contribution in [0.2, 0.25) is 5.02 Å². The van der Waals surface area contributed by atoms with Crippen LogP contribution in [0.4, 0.5) is 4.39 Å². The van der Waals surface area contributed by atoms with Crippen molar-refractivity contribution in [3.63, 3.8) is 0 Å². The van der Waals surface area contributed by atoms with E-state index in [0.717, 1.165) is 0 Å². The van der Waals surface area contributed by atoms with E-state index in [9.17, 15) is 14.3 Å². The zero-order valence-corrected chi connectivity index (χ0v) is 11.4. The second-order valence-electron chi connectivity index (χ2n) is 4.05. The van der Waals surface area contributed by atoms with Gasteiger partial charge in [-0.25, -0.2) is 9.18 Å². The van der Waals surface area contributed by atoms with Gasteiger partial charge in [0.2, 0.25) is 0 Å². The van der Waals surface area contributed by atoms with E-state index in [1.165, 1.54) is 18.2 Å². The molecule has 0 fully saturated rings. The predicted octanol–water partition coefficient (Wildman–Crippen LogP) is 3.38. The van der Waals surface area contributed by atoms with Crippen molar-refractivity contribution in [1.82, 2.24) is 10.2 Å². The number of benzene rings is 1. The van der Waals surface area contributed by atoms with Gasteiger partial charge >= 0.3 is 5.97 Å². The molecule has 0 radical (unpaired) electrons. The number of aromatic carboxylic acids is 1. The number of aryl methyl sites for hydroxylation is 1. The lowest BCUT2D eigenvalue weighted by molar-refractivity contribution is 0.0692. The van der Waals surface area contributed by atoms with Crippen LogP contribution in [0.25, 0.3) is 0 Å². The number of hydrogen-bond acceptors (Lipinski definition) is 4. The molecule has 0 saturated heterocycles. The first-order valence-electron chi connectivity index (χ1n) is 5.61. The minimum absolute atomic E-state index is 0.129. The fourth-order valence-electron chi connectivity index (χ4n) is 1.58. The molecule has 2 rings (SSSR count). The Bertz CT molecular complexity index is 692. The number of nitrogens with zero attached hydrogens (tertiary/aromatic N) is 2. The van der Waals surface area contributed by atoms with E-state index in [1.54, 1.807) is 13.8 Å². The molecule has 0 saturated carbocycles. The maximum absolute atomic E-state index is 13.7. The van der Waals surface area contributed by atoms with Crippen molar-refractivity contribution >= 4 is 17.6 Å². The molecule has 0 atom stereocenters. The molecule has 5 nitrogen and oxygen atoms in total. The van der Waals surface area contributed by atoms with Gasteiger partial charge in [0.15, 0.2) is 11.6 Å². The molecule has 0 aliphatic heterocycles. The van der Waals surface area contributed by atoms with E-state index in [2.05, 4.69) is 10.2 Å². The standard InChI is InChI=1S/C13H10ClFN2O3/c1-6-7(2)16-17-12(10(6)13(18)19)20-9-5-3-4-8(14)11(9)15/h3-5H,1-2H3,(H,18,19). The molecule has 0 unspecified atom stereocenters. The average Bonchev–Trinajstić information content (AvgIpc) is 2.39. The smallest absolute Gasteiger partial charge is 0.341 e. The average molecular weight is 297 g/mol. The second-order valence-corrected chi connectivity index (χ2v) is 4.46. The molecule has 1 N–H and O–H groups in total. The summed E-state index contributed by atoms with van der Waals surface area (Å²) in [5.74, 6) is -2.50. The number of hydrogen-bond donors (Lipinski definition) is 1. The molecule has 1 aromatic heterocycles. The number of aromatic nitrogens is 2. The molecule has 0 spiro atoms. The Morgan fingerprint density at radius 3 is 2.70 bits per heavy atom. The predicted molar refractivity (Wildman–Crippen MR) is 69.9 cm³/mol. The SMILES string of the molecule is Cc1nnc(Oc2cccc(Cl)c2F)c(C(=O)O)c1C. The molecule has 0 amide bonds. The fourth-order valence-corrected chi connectivity index (χ4v) is 1.74. The largest absolute Gasteiger partial charge is 0.477 e. The number of carboxylic acids is 1. The highest BCUT2D eigenvalue weighted by Gasteiger charge is 2.21. The summed E-state index contributed by atoms with van der Waals surface area (Å²) in [7, 11) is 0. The number of rotatable bonds is 3. The van der Waals surface area contributed by atoms with Gasteiger partial charge in [-0.05, 0) is 31.5 Å². The molecule has 0 aliphatic rings. The first kappa shape index (κ1) is 14.2. The van der Waals surface area contributed by atoms with E-state index < -0.39 is 11.8 Å². The molecule has 0 bridgehead atoms. The van der Waals surface area contributed by atoms with Crippen LogP contribution in [0.15, 0.2) is 18.2 Å². The first-order chi connectivity index (χ1) is 9.41. The minimum atomic E-state index is -1.22. The van der Waals surface area contributed by atoms with E-state index in [4.69, 9.17) is 16.3 Å². The molecule has 1 heterocycles. The highest BCUT2D eigenvalue weighted by atomic mass is 35.5. The topological polar surface area (TPSA) is 72.3 Å².